The van der Waals surface area contributed by atoms with Gasteiger partial charge in [-0.25, -0.2) is 14.6 Å². The highest BCUT2D eigenvalue weighted by Crippen LogP contribution is 2.24. The molecule has 0 bridgehead atoms. The number of sulfonamides is 1. The molecule has 2 aromatic carbocycles. The number of anilines is 1. The van der Waals surface area contributed by atoms with Crippen molar-refractivity contribution in [1.82, 2.24) is 35.4 Å². The first-order chi connectivity index (χ1) is 31.1. The van der Waals surface area contributed by atoms with Crippen molar-refractivity contribution >= 4 is 62.4 Å². The number of ether oxygens (including phenoxy) is 2. The van der Waals surface area contributed by atoms with Crippen LogP contribution in [0.1, 0.15) is 85.5 Å². The van der Waals surface area contributed by atoms with Crippen LogP contribution in [0.5, 0.6) is 0 Å². The van der Waals surface area contributed by atoms with E-state index in [1.807, 2.05) is 7.05 Å². The van der Waals surface area contributed by atoms with Crippen molar-refractivity contribution in [3.8, 4) is 0 Å². The highest BCUT2D eigenvalue weighted by atomic mass is 32.2. The minimum Gasteiger partial charge on any atom is -0.477 e. The summed E-state index contributed by atoms with van der Waals surface area (Å²) in [5.41, 5.74) is 0.474. The molecular formula is C45H61N9O11S. The molecule has 66 heavy (non-hydrogen) atoms. The number of carboxylic acids is 1. The number of hydrogen-bond acceptors (Lipinski definition) is 12. The van der Waals surface area contributed by atoms with Gasteiger partial charge in [-0.3, -0.25) is 19.2 Å². The van der Waals surface area contributed by atoms with Gasteiger partial charge in [-0.15, -0.1) is 0 Å². The zero-order valence-corrected chi connectivity index (χ0v) is 39.4. The van der Waals surface area contributed by atoms with E-state index in [9.17, 15) is 42.3 Å². The molecule has 0 radical (unpaired) electrons. The Hall–Kier alpha value is -6.61. The second-order valence-corrected chi connectivity index (χ2v) is 18.2. The molecule has 6 N–H and O–H groups in total. The molecule has 0 aliphatic rings. The van der Waals surface area contributed by atoms with Gasteiger partial charge in [-0.05, 0) is 89.6 Å². The molecule has 20 nitrogen and oxygen atoms in total. The first-order valence-electron chi connectivity index (χ1n) is 21.5. The summed E-state index contributed by atoms with van der Waals surface area (Å²) in [6.45, 7) is 11.9. The number of aryl methyl sites for hydroxylation is 5. The lowest BCUT2D eigenvalue weighted by molar-refractivity contribution is -0.129. The maximum atomic E-state index is 13.8. The molecule has 0 aliphatic carbocycles. The number of pyridine rings is 1. The van der Waals surface area contributed by atoms with Crippen LogP contribution in [-0.2, 0) is 54.0 Å². The second kappa shape index (κ2) is 24.1. The summed E-state index contributed by atoms with van der Waals surface area (Å²) in [6.07, 6.45) is 5.75. The van der Waals surface area contributed by atoms with Gasteiger partial charge in [0.2, 0.25) is 23.2 Å². The number of carbonyl (C=O) groups excluding carboxylic acids is 4. The van der Waals surface area contributed by atoms with Crippen molar-refractivity contribution in [3.63, 3.8) is 0 Å². The van der Waals surface area contributed by atoms with Gasteiger partial charge in [0.1, 0.15) is 11.2 Å². The van der Waals surface area contributed by atoms with Gasteiger partial charge in [-0.1, -0.05) is 23.8 Å². The number of nitrogens with zero attached hydrogens (tertiary/aromatic N) is 4. The Balaban J connectivity index is 1.35. The number of rotatable bonds is 24. The van der Waals surface area contributed by atoms with Crippen LogP contribution in [0.4, 0.5) is 10.7 Å². The molecule has 0 fully saturated rings. The molecule has 4 aromatic rings. The summed E-state index contributed by atoms with van der Waals surface area (Å²) in [6, 6.07) is 8.37. The fraction of sp³-hybridized carbons (Fsp3) is 0.467. The molecule has 4 rings (SSSR count). The number of aliphatic carboxylic acids is 1. The second-order valence-electron chi connectivity index (χ2n) is 16.7. The summed E-state index contributed by atoms with van der Waals surface area (Å²) in [4.78, 5) is 80.4. The maximum Gasteiger partial charge on any atom is 0.407 e. The van der Waals surface area contributed by atoms with E-state index in [1.54, 1.807) is 93.4 Å². The summed E-state index contributed by atoms with van der Waals surface area (Å²) in [7, 11) is -2.66. The standard InChI is InChI=1S/C45H61N9O11S/c1-29-23-30(2)40(31(3)24-29)66(62,63)52-35(42(59)60)27-50-41(58)34-28-54(36-25-32(11-12-33(36)39(34)57)26-51-43-48-18-20-53(43)7)19-8-15-46-37(55)13-14-38(56)47-16-9-21-64-22-10-17-49-44(61)65-45(4,5)6/h11-12,18,20,23-25,28H,8-10,13-17,19,21-22,26-27H2,1-7H3,(H,46,55)(H,47,56)(H,48,51)(H,49,61)(H,50,58)(H,59,60)/b52-35-. The molecule has 358 valence electrons. The van der Waals surface area contributed by atoms with Crippen LogP contribution < -0.4 is 32.0 Å². The fourth-order valence-corrected chi connectivity index (χ4v) is 8.30. The number of benzene rings is 2. The normalized spacial score (nSPS) is 11.8. The summed E-state index contributed by atoms with van der Waals surface area (Å²) in [5, 5.41) is 23.9. The van der Waals surface area contributed by atoms with E-state index >= 15 is 0 Å². The smallest absolute Gasteiger partial charge is 0.407 e. The van der Waals surface area contributed by atoms with Gasteiger partial charge in [-0.2, -0.15) is 12.8 Å². The predicted octanol–water partition coefficient (Wildman–Crippen LogP) is 3.64. The Morgan fingerprint density at radius 2 is 1.48 bits per heavy atom. The molecule has 0 atom stereocenters. The Bertz CT molecular complexity index is 2570. The Morgan fingerprint density at radius 1 is 0.864 bits per heavy atom. The van der Waals surface area contributed by atoms with E-state index in [2.05, 4.69) is 36.0 Å². The Kier molecular flexibility index (Phi) is 19.0. The zero-order valence-electron chi connectivity index (χ0n) is 38.5. The minimum absolute atomic E-state index is 0.0214. The highest BCUT2D eigenvalue weighted by Gasteiger charge is 2.24. The van der Waals surface area contributed by atoms with Gasteiger partial charge < -0.3 is 50.3 Å². The number of carbonyl (C=O) groups is 5. The quantitative estimate of drug-likeness (QED) is 0.0433. The Morgan fingerprint density at radius 3 is 2.08 bits per heavy atom. The van der Waals surface area contributed by atoms with Crippen LogP contribution in [-0.4, -0.2) is 108 Å². The van der Waals surface area contributed by atoms with Crippen molar-refractivity contribution in [2.75, 3.05) is 44.7 Å². The van der Waals surface area contributed by atoms with Crippen LogP contribution in [0, 0.1) is 20.8 Å². The molecule has 0 unspecified atom stereocenters. The van der Waals surface area contributed by atoms with Crippen molar-refractivity contribution < 1.29 is 47.0 Å². The van der Waals surface area contributed by atoms with E-state index < -0.39 is 51.3 Å². The molecule has 0 aliphatic heterocycles. The number of fused-ring (bicyclic) bond motifs is 1. The van der Waals surface area contributed by atoms with Gasteiger partial charge in [0, 0.05) is 89.8 Å². The van der Waals surface area contributed by atoms with E-state index in [4.69, 9.17) is 9.47 Å². The van der Waals surface area contributed by atoms with Gasteiger partial charge in [0.05, 0.1) is 17.0 Å². The molecular weight excluding hydrogens is 875 g/mol. The third-order valence-corrected chi connectivity index (χ3v) is 11.4. The summed E-state index contributed by atoms with van der Waals surface area (Å²) >= 11 is 0. The molecule has 4 amide bonds. The SMILES string of the molecule is Cc1cc(C)c(S(=O)(=O)/N=C(/CNC(=O)c2cn(CCCNC(=O)CCC(=O)NCCCOCCCNC(=O)OC(C)(C)C)c3cc(CNc4nccn4C)ccc3c2=O)C(=O)O)c(C)c1. The molecule has 2 heterocycles. The monoisotopic (exact) mass is 935 g/mol. The van der Waals surface area contributed by atoms with Crippen molar-refractivity contribution in [1.29, 1.82) is 0 Å². The average Bonchev–Trinajstić information content (AvgIpc) is 3.64. The van der Waals surface area contributed by atoms with E-state index in [0.29, 0.717) is 74.7 Å². The number of amides is 4. The van der Waals surface area contributed by atoms with Crippen LogP contribution in [0.25, 0.3) is 10.9 Å². The maximum absolute atomic E-state index is 13.8. The molecule has 21 heteroatoms. The lowest BCUT2D eigenvalue weighted by Gasteiger charge is -2.19. The van der Waals surface area contributed by atoms with Gasteiger partial charge >= 0.3 is 12.1 Å². The van der Waals surface area contributed by atoms with Gasteiger partial charge in [0.15, 0.2) is 5.71 Å². The number of imidazole rings is 1. The van der Waals surface area contributed by atoms with E-state index in [0.717, 1.165) is 11.1 Å². The topological polar surface area (TPSA) is 271 Å². The van der Waals surface area contributed by atoms with Crippen LogP contribution in [0.2, 0.25) is 0 Å². The summed E-state index contributed by atoms with van der Waals surface area (Å²) < 4.78 is 44.4. The fourth-order valence-electron chi connectivity index (χ4n) is 6.84. The van der Waals surface area contributed by atoms with Gasteiger partial charge in [0.25, 0.3) is 15.9 Å². The van der Waals surface area contributed by atoms with E-state index in [-0.39, 0.29) is 53.6 Å². The van der Waals surface area contributed by atoms with Crippen molar-refractivity contribution in [2.24, 2.45) is 11.4 Å². The third-order valence-electron chi connectivity index (χ3n) is 9.82. The number of aromatic nitrogens is 3. The van der Waals surface area contributed by atoms with E-state index in [1.165, 1.54) is 6.20 Å². The lowest BCUT2D eigenvalue weighted by atomic mass is 10.1. The lowest BCUT2D eigenvalue weighted by Crippen LogP contribution is -2.36. The summed E-state index contributed by atoms with van der Waals surface area (Å²) in [5.74, 6) is -2.63. The van der Waals surface area contributed by atoms with Crippen molar-refractivity contribution in [2.45, 2.75) is 97.2 Å². The van der Waals surface area contributed by atoms with Crippen LogP contribution in [0.3, 0.4) is 0 Å². The Labute approximate surface area is 384 Å². The number of nitrogens with one attached hydrogen (secondary N) is 5. The number of alkyl carbamates (subject to hydrolysis) is 1. The number of hydrogen-bond donors (Lipinski definition) is 6. The first-order valence-corrected chi connectivity index (χ1v) is 23.0. The number of carboxylic acid groups (broad SMARTS) is 1. The zero-order chi connectivity index (χ0) is 48.6. The third kappa shape index (κ3) is 16.1. The predicted molar refractivity (Wildman–Crippen MR) is 248 cm³/mol. The molecule has 2 aromatic heterocycles. The minimum atomic E-state index is -4.49. The van der Waals surface area contributed by atoms with Crippen LogP contribution in [0.15, 0.2) is 63.0 Å². The van der Waals surface area contributed by atoms with Crippen LogP contribution >= 0.6 is 0 Å². The molecule has 0 spiro atoms. The first kappa shape index (κ1) is 52.0. The molecule has 0 saturated carbocycles. The van der Waals surface area contributed by atoms with Crippen molar-refractivity contribution in [3.05, 3.63) is 87.0 Å². The molecule has 0 saturated heterocycles. The largest absolute Gasteiger partial charge is 0.477 e. The average molecular weight is 936 g/mol. The highest BCUT2D eigenvalue weighted by molar-refractivity contribution is 7.90.